The van der Waals surface area contributed by atoms with Gasteiger partial charge < -0.3 is 20.1 Å². The van der Waals surface area contributed by atoms with E-state index in [1.807, 2.05) is 0 Å². The molecular formula is C56H102NO8P. The van der Waals surface area contributed by atoms with Crippen LogP contribution < -0.4 is 5.73 Å². The van der Waals surface area contributed by atoms with E-state index in [0.29, 0.717) is 6.42 Å². The maximum Gasteiger partial charge on any atom is 0.472 e. The number of hydrogen-bond acceptors (Lipinski definition) is 8. The quantitative estimate of drug-likeness (QED) is 0.0264. The lowest BCUT2D eigenvalue weighted by atomic mass is 10.0. The first-order valence-corrected chi connectivity index (χ1v) is 28.8. The van der Waals surface area contributed by atoms with Gasteiger partial charge in [-0.15, -0.1) is 0 Å². The molecule has 0 aliphatic rings. The molecule has 0 amide bonds. The molecule has 0 aliphatic heterocycles. The Kier molecular flexibility index (Phi) is 50.3. The van der Waals surface area contributed by atoms with Gasteiger partial charge in [0.2, 0.25) is 0 Å². The molecule has 2 atom stereocenters. The Morgan fingerprint density at radius 3 is 1.24 bits per heavy atom. The summed E-state index contributed by atoms with van der Waals surface area (Å²) in [5, 5.41) is 0. The molecule has 0 radical (unpaired) electrons. The minimum atomic E-state index is -4.38. The molecule has 10 heteroatoms. The summed E-state index contributed by atoms with van der Waals surface area (Å²) in [5.74, 6) is -0.821. The number of nitrogens with two attached hydrogens (primary N) is 1. The van der Waals surface area contributed by atoms with Gasteiger partial charge >= 0.3 is 19.8 Å². The van der Waals surface area contributed by atoms with E-state index in [1.54, 1.807) is 0 Å². The molecule has 2 unspecified atom stereocenters. The molecule has 0 aromatic heterocycles. The SMILES string of the molecule is CC/C=C\C/C=C\C/C=C\C/C=C\C/C=C\CCCCCCCCCCCCCCCCCCCCCC(=O)OC(COC(=O)CCCCCCCCCCCC)COP(=O)(O)OCCN. The fourth-order valence-corrected chi connectivity index (χ4v) is 8.43. The van der Waals surface area contributed by atoms with E-state index in [1.165, 1.54) is 154 Å². The lowest BCUT2D eigenvalue weighted by Gasteiger charge is -2.19. The Hall–Kier alpha value is -2.29. The maximum absolute atomic E-state index is 12.6. The Morgan fingerprint density at radius 1 is 0.470 bits per heavy atom. The second-order valence-corrected chi connectivity index (χ2v) is 19.5. The highest BCUT2D eigenvalue weighted by atomic mass is 31.2. The number of phosphoric acid groups is 1. The highest BCUT2D eigenvalue weighted by molar-refractivity contribution is 7.47. The van der Waals surface area contributed by atoms with Crippen LogP contribution in [-0.2, 0) is 32.7 Å². The zero-order valence-corrected chi connectivity index (χ0v) is 43.6. The van der Waals surface area contributed by atoms with Crippen molar-refractivity contribution in [1.29, 1.82) is 0 Å². The molecule has 384 valence electrons. The van der Waals surface area contributed by atoms with Gasteiger partial charge in [0.1, 0.15) is 6.61 Å². The van der Waals surface area contributed by atoms with Crippen LogP contribution >= 0.6 is 7.82 Å². The molecule has 3 N–H and O–H groups in total. The summed E-state index contributed by atoms with van der Waals surface area (Å²) in [6.45, 7) is 3.63. The molecule has 0 bridgehead atoms. The van der Waals surface area contributed by atoms with E-state index >= 15 is 0 Å². The van der Waals surface area contributed by atoms with Crippen molar-refractivity contribution in [2.24, 2.45) is 5.73 Å². The maximum atomic E-state index is 12.6. The van der Waals surface area contributed by atoms with Crippen molar-refractivity contribution in [3.05, 3.63) is 60.8 Å². The Balaban J connectivity index is 3.81. The number of hydrogen-bond donors (Lipinski definition) is 2. The fraction of sp³-hybridized carbons (Fsp3) is 0.786. The first-order chi connectivity index (χ1) is 32.3. The van der Waals surface area contributed by atoms with Crippen LogP contribution in [0.1, 0.15) is 251 Å². The Morgan fingerprint density at radius 2 is 0.833 bits per heavy atom. The standard InChI is InChI=1S/C56H102NO8P/c1-3-5-7-9-11-13-15-16-17-18-19-20-21-22-23-24-25-26-27-28-29-30-31-32-33-34-35-36-37-38-39-41-43-45-47-49-56(59)65-54(53-64-66(60,61)63-51-50-57)52-62-55(58)48-46-44-42-40-14-12-10-8-6-4-2/h5,7,11,13,16-17,19-20,22-23,54H,3-4,6,8-10,12,14-15,18,21,24-53,57H2,1-2H3,(H,60,61)/b7-5-,13-11-,17-16-,20-19-,23-22-. The first kappa shape index (κ1) is 63.7. The van der Waals surface area contributed by atoms with Gasteiger partial charge in [-0.1, -0.05) is 242 Å². The van der Waals surface area contributed by atoms with E-state index in [-0.39, 0.29) is 38.6 Å². The first-order valence-electron chi connectivity index (χ1n) is 27.3. The van der Waals surface area contributed by atoms with E-state index in [9.17, 15) is 19.0 Å². The molecule has 9 nitrogen and oxygen atoms in total. The van der Waals surface area contributed by atoms with E-state index in [2.05, 4.69) is 74.6 Å². The molecule has 0 rings (SSSR count). The molecule has 0 aromatic carbocycles. The average molecular weight is 948 g/mol. The summed E-state index contributed by atoms with van der Waals surface area (Å²) in [6, 6.07) is 0. The Labute approximate surface area is 406 Å². The molecule has 0 aromatic rings. The molecule has 0 heterocycles. The fourth-order valence-electron chi connectivity index (χ4n) is 7.66. The van der Waals surface area contributed by atoms with Gasteiger partial charge in [-0.25, -0.2) is 4.57 Å². The van der Waals surface area contributed by atoms with Crippen molar-refractivity contribution in [2.75, 3.05) is 26.4 Å². The predicted molar refractivity (Wildman–Crippen MR) is 279 cm³/mol. The summed E-state index contributed by atoms with van der Waals surface area (Å²) in [7, 11) is -4.38. The number of esters is 2. The number of phosphoric ester groups is 1. The van der Waals surface area contributed by atoms with Crippen LogP contribution in [0.2, 0.25) is 0 Å². The van der Waals surface area contributed by atoms with Gasteiger partial charge in [0, 0.05) is 19.4 Å². The van der Waals surface area contributed by atoms with Gasteiger partial charge in [0.05, 0.1) is 13.2 Å². The third kappa shape index (κ3) is 51.1. The molecule has 0 saturated heterocycles. The van der Waals surface area contributed by atoms with E-state index in [0.717, 1.165) is 64.2 Å². The van der Waals surface area contributed by atoms with Crippen LogP contribution in [0, 0.1) is 0 Å². The summed E-state index contributed by atoms with van der Waals surface area (Å²) < 4.78 is 32.9. The number of ether oxygens (including phenoxy) is 2. The van der Waals surface area contributed by atoms with E-state index in [4.69, 9.17) is 24.3 Å². The number of carbonyl (C=O) groups is 2. The summed E-state index contributed by atoms with van der Waals surface area (Å²) in [5.41, 5.74) is 5.36. The highest BCUT2D eigenvalue weighted by Crippen LogP contribution is 2.43. The van der Waals surface area contributed by atoms with Crippen molar-refractivity contribution in [3.8, 4) is 0 Å². The van der Waals surface area contributed by atoms with Crippen molar-refractivity contribution in [3.63, 3.8) is 0 Å². The molecule has 0 aliphatic carbocycles. The number of carbonyl (C=O) groups excluding carboxylic acids is 2. The molecule has 0 spiro atoms. The Bertz CT molecular complexity index is 1260. The lowest BCUT2D eigenvalue weighted by Crippen LogP contribution is -2.29. The number of rotatable bonds is 51. The zero-order valence-electron chi connectivity index (χ0n) is 42.7. The molecule has 0 fully saturated rings. The topological polar surface area (TPSA) is 134 Å². The molecule has 66 heavy (non-hydrogen) atoms. The third-order valence-corrected chi connectivity index (χ3v) is 12.7. The summed E-state index contributed by atoms with van der Waals surface area (Å²) in [4.78, 5) is 34.9. The summed E-state index contributed by atoms with van der Waals surface area (Å²) in [6.07, 6.45) is 64.4. The van der Waals surface area contributed by atoms with Gasteiger partial charge in [0.15, 0.2) is 6.10 Å². The lowest BCUT2D eigenvalue weighted by molar-refractivity contribution is -0.161. The second kappa shape index (κ2) is 52.1. The normalized spacial score (nSPS) is 13.6. The largest absolute Gasteiger partial charge is 0.472 e. The second-order valence-electron chi connectivity index (χ2n) is 18.1. The third-order valence-electron chi connectivity index (χ3n) is 11.7. The summed E-state index contributed by atoms with van der Waals surface area (Å²) >= 11 is 0. The van der Waals surface area contributed by atoms with Crippen LogP contribution in [0.5, 0.6) is 0 Å². The van der Waals surface area contributed by atoms with Crippen LogP contribution in [-0.4, -0.2) is 49.3 Å². The van der Waals surface area contributed by atoms with Crippen molar-refractivity contribution < 1.29 is 37.6 Å². The van der Waals surface area contributed by atoms with Gasteiger partial charge in [-0.05, 0) is 57.8 Å². The van der Waals surface area contributed by atoms with Gasteiger partial charge in [-0.2, -0.15) is 0 Å². The number of allylic oxidation sites excluding steroid dienone is 10. The van der Waals surface area contributed by atoms with Gasteiger partial charge in [0.25, 0.3) is 0 Å². The smallest absolute Gasteiger partial charge is 0.462 e. The minimum absolute atomic E-state index is 0.0545. The van der Waals surface area contributed by atoms with Crippen LogP contribution in [0.4, 0.5) is 0 Å². The molecule has 0 saturated carbocycles. The van der Waals surface area contributed by atoms with Gasteiger partial charge in [-0.3, -0.25) is 18.6 Å². The number of unbranched alkanes of at least 4 members (excludes halogenated alkanes) is 28. The predicted octanol–water partition coefficient (Wildman–Crippen LogP) is 16.8. The van der Waals surface area contributed by atoms with Crippen LogP contribution in [0.3, 0.4) is 0 Å². The minimum Gasteiger partial charge on any atom is -0.462 e. The van der Waals surface area contributed by atoms with Crippen LogP contribution in [0.15, 0.2) is 60.8 Å². The van der Waals surface area contributed by atoms with Crippen LogP contribution in [0.25, 0.3) is 0 Å². The zero-order chi connectivity index (χ0) is 48.1. The van der Waals surface area contributed by atoms with Crippen molar-refractivity contribution >= 4 is 19.8 Å². The highest BCUT2D eigenvalue weighted by Gasteiger charge is 2.26. The van der Waals surface area contributed by atoms with Crippen molar-refractivity contribution in [2.45, 2.75) is 258 Å². The van der Waals surface area contributed by atoms with Crippen molar-refractivity contribution in [1.82, 2.24) is 0 Å². The monoisotopic (exact) mass is 948 g/mol. The van der Waals surface area contributed by atoms with E-state index < -0.39 is 26.5 Å². The average Bonchev–Trinajstić information content (AvgIpc) is 3.31. The molecular weight excluding hydrogens is 846 g/mol.